The third-order valence-corrected chi connectivity index (χ3v) is 2.61. The summed E-state index contributed by atoms with van der Waals surface area (Å²) in [6.07, 6.45) is 2.74. The summed E-state index contributed by atoms with van der Waals surface area (Å²) in [7, 11) is 3.71. The van der Waals surface area contributed by atoms with E-state index >= 15 is 0 Å². The number of rotatable bonds is 3. The molecule has 3 nitrogen and oxygen atoms in total. The molecule has 0 saturated heterocycles. The first-order valence-electron chi connectivity index (χ1n) is 5.10. The topological polar surface area (TPSA) is 36.4 Å². The van der Waals surface area contributed by atoms with Gasteiger partial charge >= 0.3 is 0 Å². The normalized spacial score (nSPS) is 20.2. The second-order valence-electron chi connectivity index (χ2n) is 4.07. The summed E-state index contributed by atoms with van der Waals surface area (Å²) in [5, 5.41) is 6.51. The Bertz CT molecular complexity index is 181. The van der Waals surface area contributed by atoms with E-state index in [0.29, 0.717) is 12.0 Å². The van der Waals surface area contributed by atoms with Crippen LogP contribution in [0, 0.1) is 11.8 Å². The van der Waals surface area contributed by atoms with Crippen molar-refractivity contribution in [3.63, 3.8) is 0 Å². The van der Waals surface area contributed by atoms with Gasteiger partial charge < -0.3 is 10.6 Å². The van der Waals surface area contributed by atoms with Crippen molar-refractivity contribution in [3.05, 3.63) is 0 Å². The first kappa shape index (κ1) is 10.4. The van der Waals surface area contributed by atoms with Crippen molar-refractivity contribution in [2.45, 2.75) is 32.7 Å². The van der Waals surface area contributed by atoms with Crippen LogP contribution in [0.25, 0.3) is 0 Å². The van der Waals surface area contributed by atoms with E-state index in [1.54, 1.807) is 0 Å². The van der Waals surface area contributed by atoms with Gasteiger partial charge in [0.2, 0.25) is 0 Å². The van der Waals surface area contributed by atoms with E-state index in [0.717, 1.165) is 11.9 Å². The summed E-state index contributed by atoms with van der Waals surface area (Å²) in [4.78, 5) is 4.13. The Morgan fingerprint density at radius 2 is 2.00 bits per heavy atom. The highest BCUT2D eigenvalue weighted by Crippen LogP contribution is 2.35. The number of guanidine groups is 1. The molecular formula is C10H21N3. The molecule has 2 N–H and O–H groups in total. The first-order chi connectivity index (χ1) is 6.19. The maximum Gasteiger partial charge on any atom is 0.190 e. The minimum absolute atomic E-state index is 0.589. The molecule has 1 atom stereocenters. The Balaban J connectivity index is 2.46. The van der Waals surface area contributed by atoms with Crippen molar-refractivity contribution in [1.29, 1.82) is 0 Å². The molecule has 0 aromatic heterocycles. The number of hydrogen-bond acceptors (Lipinski definition) is 1. The smallest absolute Gasteiger partial charge is 0.190 e. The van der Waals surface area contributed by atoms with Crippen LogP contribution in [0.15, 0.2) is 4.99 Å². The van der Waals surface area contributed by atoms with Gasteiger partial charge in [0.1, 0.15) is 0 Å². The molecule has 0 aliphatic heterocycles. The quantitative estimate of drug-likeness (QED) is 0.510. The van der Waals surface area contributed by atoms with E-state index in [1.807, 2.05) is 14.1 Å². The zero-order valence-corrected chi connectivity index (χ0v) is 9.09. The van der Waals surface area contributed by atoms with Crippen molar-refractivity contribution >= 4 is 5.96 Å². The zero-order chi connectivity index (χ0) is 9.84. The lowest BCUT2D eigenvalue weighted by atomic mass is 10.00. The van der Waals surface area contributed by atoms with Gasteiger partial charge in [-0.15, -0.1) is 0 Å². The highest BCUT2D eigenvalue weighted by Gasteiger charge is 2.33. The van der Waals surface area contributed by atoms with Crippen LogP contribution in [0.3, 0.4) is 0 Å². The van der Waals surface area contributed by atoms with Crippen LogP contribution in [0.5, 0.6) is 0 Å². The van der Waals surface area contributed by atoms with Crippen LogP contribution in [0.1, 0.15) is 26.7 Å². The molecule has 1 rings (SSSR count). The third kappa shape index (κ3) is 2.90. The molecule has 13 heavy (non-hydrogen) atoms. The summed E-state index contributed by atoms with van der Waals surface area (Å²) in [6.45, 7) is 4.53. The van der Waals surface area contributed by atoms with Gasteiger partial charge in [0.15, 0.2) is 5.96 Å². The van der Waals surface area contributed by atoms with Crippen LogP contribution < -0.4 is 10.6 Å². The van der Waals surface area contributed by atoms with E-state index < -0.39 is 0 Å². The summed E-state index contributed by atoms with van der Waals surface area (Å²) in [5.74, 6) is 2.45. The van der Waals surface area contributed by atoms with Crippen LogP contribution in [0.4, 0.5) is 0 Å². The molecule has 1 aliphatic rings. The number of nitrogens with zero attached hydrogens (tertiary/aromatic N) is 1. The molecule has 3 heteroatoms. The third-order valence-electron chi connectivity index (χ3n) is 2.61. The standard InChI is InChI=1S/C10H21N3/c1-7(2)9(8-5-6-8)13-10(11-3)12-4/h7-9H,5-6H2,1-4H3,(H2,11,12,13). The molecule has 0 aromatic rings. The summed E-state index contributed by atoms with van der Waals surface area (Å²) < 4.78 is 0. The Hall–Kier alpha value is -0.730. The zero-order valence-electron chi connectivity index (χ0n) is 9.09. The van der Waals surface area contributed by atoms with Gasteiger partial charge in [-0.2, -0.15) is 0 Å². The van der Waals surface area contributed by atoms with Crippen molar-refractivity contribution in [2.75, 3.05) is 14.1 Å². The maximum absolute atomic E-state index is 4.13. The van der Waals surface area contributed by atoms with Crippen molar-refractivity contribution in [3.8, 4) is 0 Å². The predicted octanol–water partition coefficient (Wildman–Crippen LogP) is 1.22. The fraction of sp³-hybridized carbons (Fsp3) is 0.900. The predicted molar refractivity (Wildman–Crippen MR) is 56.9 cm³/mol. The summed E-state index contributed by atoms with van der Waals surface area (Å²) >= 11 is 0. The van der Waals surface area contributed by atoms with Gasteiger partial charge in [0, 0.05) is 20.1 Å². The Labute approximate surface area is 81.0 Å². The van der Waals surface area contributed by atoms with E-state index in [4.69, 9.17) is 0 Å². The van der Waals surface area contributed by atoms with E-state index in [-0.39, 0.29) is 0 Å². The van der Waals surface area contributed by atoms with Gasteiger partial charge in [-0.25, -0.2) is 0 Å². The number of hydrogen-bond donors (Lipinski definition) is 2. The molecule has 1 saturated carbocycles. The molecule has 1 aliphatic carbocycles. The van der Waals surface area contributed by atoms with Gasteiger partial charge in [-0.3, -0.25) is 4.99 Å². The monoisotopic (exact) mass is 183 g/mol. The SMILES string of the molecule is CN=C(NC)NC(C(C)C)C1CC1. The van der Waals surface area contributed by atoms with E-state index in [1.165, 1.54) is 12.8 Å². The molecule has 0 radical (unpaired) electrons. The Morgan fingerprint density at radius 1 is 1.38 bits per heavy atom. The van der Waals surface area contributed by atoms with Gasteiger partial charge in [0.25, 0.3) is 0 Å². The fourth-order valence-corrected chi connectivity index (χ4v) is 1.69. The van der Waals surface area contributed by atoms with Crippen molar-refractivity contribution in [1.82, 2.24) is 10.6 Å². The van der Waals surface area contributed by atoms with E-state index in [2.05, 4.69) is 29.5 Å². The Morgan fingerprint density at radius 3 is 2.31 bits per heavy atom. The van der Waals surface area contributed by atoms with Crippen molar-refractivity contribution in [2.24, 2.45) is 16.8 Å². The van der Waals surface area contributed by atoms with Crippen LogP contribution in [-0.4, -0.2) is 26.1 Å². The van der Waals surface area contributed by atoms with Crippen LogP contribution in [0.2, 0.25) is 0 Å². The molecule has 0 aromatic carbocycles. The second-order valence-corrected chi connectivity index (χ2v) is 4.07. The maximum atomic E-state index is 4.13. The second kappa shape index (κ2) is 4.49. The largest absolute Gasteiger partial charge is 0.359 e. The highest BCUT2D eigenvalue weighted by molar-refractivity contribution is 5.79. The van der Waals surface area contributed by atoms with Crippen LogP contribution >= 0.6 is 0 Å². The molecular weight excluding hydrogens is 162 g/mol. The minimum Gasteiger partial charge on any atom is -0.359 e. The molecule has 0 heterocycles. The lowest BCUT2D eigenvalue weighted by Gasteiger charge is -2.23. The lowest BCUT2D eigenvalue weighted by Crippen LogP contribution is -2.45. The summed E-state index contributed by atoms with van der Waals surface area (Å²) in [5.41, 5.74) is 0. The fourth-order valence-electron chi connectivity index (χ4n) is 1.69. The molecule has 1 fully saturated rings. The summed E-state index contributed by atoms with van der Waals surface area (Å²) in [6, 6.07) is 0.589. The lowest BCUT2D eigenvalue weighted by molar-refractivity contribution is 0.406. The molecule has 76 valence electrons. The van der Waals surface area contributed by atoms with E-state index in [9.17, 15) is 0 Å². The first-order valence-corrected chi connectivity index (χ1v) is 5.10. The average molecular weight is 183 g/mol. The number of aliphatic imine (C=N–C) groups is 1. The molecule has 0 bridgehead atoms. The Kier molecular flexibility index (Phi) is 3.58. The number of nitrogens with one attached hydrogen (secondary N) is 2. The molecule has 0 amide bonds. The van der Waals surface area contributed by atoms with Crippen LogP contribution in [-0.2, 0) is 0 Å². The minimum atomic E-state index is 0.589. The average Bonchev–Trinajstić information content (AvgIpc) is 2.89. The molecule has 0 spiro atoms. The van der Waals surface area contributed by atoms with Gasteiger partial charge in [-0.1, -0.05) is 13.8 Å². The van der Waals surface area contributed by atoms with Gasteiger partial charge in [-0.05, 0) is 24.7 Å². The van der Waals surface area contributed by atoms with Gasteiger partial charge in [0.05, 0.1) is 0 Å². The highest BCUT2D eigenvalue weighted by atomic mass is 15.2. The molecule has 1 unspecified atom stereocenters. The van der Waals surface area contributed by atoms with Crippen molar-refractivity contribution < 1.29 is 0 Å².